The highest BCUT2D eigenvalue weighted by atomic mass is 32.1. The maximum Gasteiger partial charge on any atom is 0.311 e. The summed E-state index contributed by atoms with van der Waals surface area (Å²) in [6, 6.07) is 21.8. The summed E-state index contributed by atoms with van der Waals surface area (Å²) in [6.07, 6.45) is 8.06. The van der Waals surface area contributed by atoms with Gasteiger partial charge >= 0.3 is 5.69 Å². The summed E-state index contributed by atoms with van der Waals surface area (Å²) < 4.78 is 14.1. The van der Waals surface area contributed by atoms with Gasteiger partial charge in [0.15, 0.2) is 11.6 Å². The number of fused-ring (bicyclic) bond motifs is 1. The van der Waals surface area contributed by atoms with Gasteiger partial charge in [0.05, 0.1) is 28.9 Å². The molecule has 0 saturated carbocycles. The highest BCUT2D eigenvalue weighted by molar-refractivity contribution is 7.15. The molecule has 0 radical (unpaired) electrons. The highest BCUT2D eigenvalue weighted by Crippen LogP contribution is 2.33. The third-order valence-corrected chi connectivity index (χ3v) is 7.63. The third kappa shape index (κ3) is 5.83. The standard InChI is InChI=1S/C32H26N6O5S/c1-3-17-43-25-13-9-21(10-14-25)11-16-29-33-32-37(34-29)31(39)28(44-32)19-23-20-36(24-7-5-4-6-8-24)35-30(23)22-12-15-27(42-2)26(18-22)38(40)41/h4-16,18-20H,3,17H2,1-2H3/b16-11+,28-19-. The average Bonchev–Trinajstić information content (AvgIpc) is 3.74. The van der Waals surface area contributed by atoms with Crippen molar-refractivity contribution in [2.45, 2.75) is 13.3 Å². The molecule has 6 rings (SSSR count). The van der Waals surface area contributed by atoms with E-state index in [1.807, 2.05) is 60.7 Å². The number of benzene rings is 3. The number of nitrogens with zero attached hydrogens (tertiary/aromatic N) is 6. The first-order valence-corrected chi connectivity index (χ1v) is 14.6. The van der Waals surface area contributed by atoms with Gasteiger partial charge in [0.2, 0.25) is 4.96 Å². The molecule has 3 heterocycles. The van der Waals surface area contributed by atoms with E-state index in [1.54, 1.807) is 29.1 Å². The van der Waals surface area contributed by atoms with Crippen molar-refractivity contribution in [2.75, 3.05) is 13.7 Å². The summed E-state index contributed by atoms with van der Waals surface area (Å²) in [5.41, 5.74) is 2.80. The van der Waals surface area contributed by atoms with Crippen molar-refractivity contribution >= 4 is 40.2 Å². The minimum absolute atomic E-state index is 0.141. The molecule has 3 aromatic heterocycles. The number of hydrogen-bond acceptors (Lipinski definition) is 9. The van der Waals surface area contributed by atoms with Gasteiger partial charge in [-0.15, -0.1) is 5.10 Å². The van der Waals surface area contributed by atoms with E-state index in [4.69, 9.17) is 14.6 Å². The second kappa shape index (κ2) is 12.3. The van der Waals surface area contributed by atoms with Crippen LogP contribution < -0.4 is 19.6 Å². The normalized spacial score (nSPS) is 11.9. The van der Waals surface area contributed by atoms with E-state index >= 15 is 0 Å². The molecule has 44 heavy (non-hydrogen) atoms. The smallest absolute Gasteiger partial charge is 0.311 e. The van der Waals surface area contributed by atoms with Gasteiger partial charge in [0.25, 0.3) is 5.56 Å². The van der Waals surface area contributed by atoms with Gasteiger partial charge in [-0.3, -0.25) is 14.9 Å². The van der Waals surface area contributed by atoms with Gasteiger partial charge in [0, 0.05) is 23.4 Å². The monoisotopic (exact) mass is 606 g/mol. The van der Waals surface area contributed by atoms with Crippen LogP contribution in [-0.2, 0) is 0 Å². The molecule has 0 unspecified atom stereocenters. The fourth-order valence-corrected chi connectivity index (χ4v) is 5.44. The Morgan fingerprint density at radius 1 is 1.02 bits per heavy atom. The Labute approximate surface area is 255 Å². The number of nitro groups is 1. The number of para-hydroxylation sites is 1. The van der Waals surface area contributed by atoms with E-state index in [9.17, 15) is 14.9 Å². The van der Waals surface area contributed by atoms with Crippen LogP contribution in [0.25, 0.3) is 40.1 Å². The van der Waals surface area contributed by atoms with Crippen LogP contribution >= 0.6 is 11.3 Å². The van der Waals surface area contributed by atoms with Crippen LogP contribution in [0.15, 0.2) is 83.8 Å². The molecule has 0 aliphatic heterocycles. The largest absolute Gasteiger partial charge is 0.494 e. The molecule has 0 aliphatic rings. The Morgan fingerprint density at radius 2 is 1.82 bits per heavy atom. The average molecular weight is 607 g/mol. The van der Waals surface area contributed by atoms with Crippen molar-refractivity contribution in [3.8, 4) is 28.4 Å². The van der Waals surface area contributed by atoms with Gasteiger partial charge < -0.3 is 9.47 Å². The van der Waals surface area contributed by atoms with Crippen molar-refractivity contribution in [1.82, 2.24) is 24.4 Å². The number of nitro benzene ring substituents is 1. The van der Waals surface area contributed by atoms with E-state index in [2.05, 4.69) is 17.0 Å². The molecular weight excluding hydrogens is 580 g/mol. The molecule has 220 valence electrons. The lowest BCUT2D eigenvalue weighted by molar-refractivity contribution is -0.385. The van der Waals surface area contributed by atoms with Crippen molar-refractivity contribution in [2.24, 2.45) is 0 Å². The summed E-state index contributed by atoms with van der Waals surface area (Å²) in [5.74, 6) is 1.36. The third-order valence-electron chi connectivity index (χ3n) is 6.67. The van der Waals surface area contributed by atoms with Gasteiger partial charge in [-0.1, -0.05) is 54.7 Å². The zero-order valence-corrected chi connectivity index (χ0v) is 24.6. The Bertz CT molecular complexity index is 2100. The minimum atomic E-state index is -0.501. The van der Waals surface area contributed by atoms with Crippen LogP contribution in [0, 0.1) is 10.1 Å². The van der Waals surface area contributed by atoms with Crippen LogP contribution in [0.3, 0.4) is 0 Å². The van der Waals surface area contributed by atoms with E-state index < -0.39 is 4.92 Å². The van der Waals surface area contributed by atoms with Crippen LogP contribution in [0.1, 0.15) is 30.3 Å². The number of ether oxygens (including phenoxy) is 2. The molecule has 6 aromatic rings. The first-order valence-electron chi connectivity index (χ1n) is 13.7. The van der Waals surface area contributed by atoms with Crippen LogP contribution in [0.5, 0.6) is 11.5 Å². The van der Waals surface area contributed by atoms with E-state index in [0.717, 1.165) is 23.4 Å². The number of thiazole rings is 1. The summed E-state index contributed by atoms with van der Waals surface area (Å²) in [4.78, 5) is 29.5. The first kappa shape index (κ1) is 28.5. The maximum atomic E-state index is 13.4. The molecule has 0 amide bonds. The molecule has 11 nitrogen and oxygen atoms in total. The van der Waals surface area contributed by atoms with Crippen LogP contribution in [0.4, 0.5) is 5.69 Å². The molecule has 0 N–H and O–H groups in total. The van der Waals surface area contributed by atoms with Crippen molar-refractivity contribution in [3.63, 3.8) is 0 Å². The Morgan fingerprint density at radius 3 is 2.52 bits per heavy atom. The molecule has 0 spiro atoms. The van der Waals surface area contributed by atoms with Crippen LogP contribution in [0.2, 0.25) is 0 Å². The topological polar surface area (TPSA) is 127 Å². The quantitative estimate of drug-likeness (QED) is 0.149. The zero-order valence-electron chi connectivity index (χ0n) is 23.8. The van der Waals surface area contributed by atoms with Gasteiger partial charge in [-0.25, -0.2) is 4.68 Å². The molecule has 0 fully saturated rings. The second-order valence-corrected chi connectivity index (χ2v) is 10.7. The fraction of sp³-hybridized carbons (Fsp3) is 0.125. The molecule has 0 aliphatic carbocycles. The lowest BCUT2D eigenvalue weighted by Gasteiger charge is -2.04. The van der Waals surface area contributed by atoms with E-state index in [0.29, 0.717) is 38.7 Å². The molecule has 3 aromatic carbocycles. The van der Waals surface area contributed by atoms with Crippen molar-refractivity contribution < 1.29 is 14.4 Å². The second-order valence-electron chi connectivity index (χ2n) is 9.69. The first-order chi connectivity index (χ1) is 21.4. The molecule has 0 saturated heterocycles. The number of hydrogen-bond donors (Lipinski definition) is 0. The Kier molecular flexibility index (Phi) is 7.98. The fourth-order valence-electron chi connectivity index (χ4n) is 4.54. The SMILES string of the molecule is CCCOc1ccc(/C=C/c2nc3s/c(=C\c4cn(-c5ccccc5)nc4-c4ccc(OC)c([N+](=O)[O-])c4)c(=O)n3n2)cc1. The predicted octanol–water partition coefficient (Wildman–Crippen LogP) is 5.43. The summed E-state index contributed by atoms with van der Waals surface area (Å²) in [6.45, 7) is 2.73. The molecule has 0 atom stereocenters. The lowest BCUT2D eigenvalue weighted by Crippen LogP contribution is -2.23. The Hall–Kier alpha value is -5.62. The van der Waals surface area contributed by atoms with E-state index in [1.165, 1.54) is 35.1 Å². The minimum Gasteiger partial charge on any atom is -0.494 e. The van der Waals surface area contributed by atoms with Crippen molar-refractivity contribution in [1.29, 1.82) is 0 Å². The van der Waals surface area contributed by atoms with Gasteiger partial charge in [-0.2, -0.15) is 14.6 Å². The zero-order chi connectivity index (χ0) is 30.6. The number of methoxy groups -OCH3 is 1. The predicted molar refractivity (Wildman–Crippen MR) is 169 cm³/mol. The Balaban J connectivity index is 1.36. The van der Waals surface area contributed by atoms with Crippen molar-refractivity contribution in [3.05, 3.63) is 121 Å². The van der Waals surface area contributed by atoms with Gasteiger partial charge in [-0.05, 0) is 60.5 Å². The highest BCUT2D eigenvalue weighted by Gasteiger charge is 2.20. The molecule has 12 heteroatoms. The molecular formula is C32H26N6O5S. The maximum absolute atomic E-state index is 13.4. The summed E-state index contributed by atoms with van der Waals surface area (Å²) in [5, 5.41) is 20.8. The number of aromatic nitrogens is 5. The summed E-state index contributed by atoms with van der Waals surface area (Å²) in [7, 11) is 1.38. The number of rotatable bonds is 10. The van der Waals surface area contributed by atoms with Crippen LogP contribution in [-0.4, -0.2) is 43.0 Å². The molecule has 0 bridgehead atoms. The van der Waals surface area contributed by atoms with E-state index in [-0.39, 0.29) is 17.0 Å². The summed E-state index contributed by atoms with van der Waals surface area (Å²) >= 11 is 1.20. The van der Waals surface area contributed by atoms with Gasteiger partial charge in [0.1, 0.15) is 11.4 Å². The lowest BCUT2D eigenvalue weighted by atomic mass is 10.1.